The lowest BCUT2D eigenvalue weighted by molar-refractivity contribution is -0.150. The van der Waals surface area contributed by atoms with Gasteiger partial charge < -0.3 is 14.2 Å². The van der Waals surface area contributed by atoms with Crippen LogP contribution in [0.2, 0.25) is 0 Å². The van der Waals surface area contributed by atoms with Gasteiger partial charge in [-0.25, -0.2) is 8.99 Å². The van der Waals surface area contributed by atoms with E-state index in [1.165, 1.54) is 0 Å². The summed E-state index contributed by atoms with van der Waals surface area (Å²) in [6, 6.07) is 18.8. The van der Waals surface area contributed by atoms with Crippen LogP contribution >= 0.6 is 0 Å². The predicted molar refractivity (Wildman–Crippen MR) is 100 cm³/mol. The van der Waals surface area contributed by atoms with Gasteiger partial charge in [0.15, 0.2) is 5.79 Å². The fraction of sp³-hybridized carbons (Fsp3) is 0.400. The van der Waals surface area contributed by atoms with Gasteiger partial charge in [0.1, 0.15) is 12.2 Å². The van der Waals surface area contributed by atoms with Crippen LogP contribution < -0.4 is 0 Å². The van der Waals surface area contributed by atoms with Crippen molar-refractivity contribution >= 4 is 9.73 Å². The van der Waals surface area contributed by atoms with E-state index in [4.69, 9.17) is 19.0 Å². The van der Waals surface area contributed by atoms with E-state index in [0.717, 1.165) is 5.56 Å². The number of ether oxygens (including phenoxy) is 3. The van der Waals surface area contributed by atoms with Gasteiger partial charge in [-0.2, -0.15) is 0 Å². The Hall–Kier alpha value is -1.73. The van der Waals surface area contributed by atoms with Crippen LogP contribution in [0.1, 0.15) is 19.4 Å². The van der Waals surface area contributed by atoms with Gasteiger partial charge in [0.2, 0.25) is 0 Å². The molecule has 0 amide bonds. The molecule has 1 aliphatic rings. The highest BCUT2D eigenvalue weighted by Gasteiger charge is 2.42. The predicted octanol–water partition coefficient (Wildman–Crippen LogP) is 3.83. The van der Waals surface area contributed by atoms with Crippen molar-refractivity contribution in [3.05, 3.63) is 66.2 Å². The first-order valence-corrected chi connectivity index (χ1v) is 10.4. The Bertz CT molecular complexity index is 806. The van der Waals surface area contributed by atoms with Crippen LogP contribution in [0.3, 0.4) is 0 Å². The smallest absolute Gasteiger partial charge is 0.163 e. The van der Waals surface area contributed by atoms with Crippen molar-refractivity contribution in [1.29, 1.82) is 4.78 Å². The number of hydrogen-bond donors (Lipinski definition) is 1. The van der Waals surface area contributed by atoms with E-state index in [1.54, 1.807) is 24.3 Å². The molecular weight excluding hydrogens is 350 g/mol. The summed E-state index contributed by atoms with van der Waals surface area (Å²) in [5.41, 5.74) is 1.08. The first kappa shape index (κ1) is 19.0. The highest BCUT2D eigenvalue weighted by Crippen LogP contribution is 2.30. The van der Waals surface area contributed by atoms with Gasteiger partial charge >= 0.3 is 0 Å². The van der Waals surface area contributed by atoms with E-state index in [2.05, 4.69) is 0 Å². The van der Waals surface area contributed by atoms with Crippen LogP contribution in [-0.2, 0) is 30.5 Å². The van der Waals surface area contributed by atoms with Gasteiger partial charge in [0, 0.05) is 4.90 Å². The first-order valence-electron chi connectivity index (χ1n) is 8.65. The number of benzene rings is 2. The Kier molecular flexibility index (Phi) is 5.77. The van der Waals surface area contributed by atoms with E-state index in [0.29, 0.717) is 18.1 Å². The Morgan fingerprint density at radius 1 is 1.00 bits per heavy atom. The Morgan fingerprint density at radius 2 is 1.58 bits per heavy atom. The van der Waals surface area contributed by atoms with Crippen LogP contribution in [0.5, 0.6) is 0 Å². The molecule has 1 unspecified atom stereocenters. The van der Waals surface area contributed by atoms with Crippen LogP contribution in [0.15, 0.2) is 65.6 Å². The minimum Gasteiger partial charge on any atom is -0.374 e. The van der Waals surface area contributed by atoms with Crippen LogP contribution in [0, 0.1) is 4.78 Å². The van der Waals surface area contributed by atoms with E-state index in [-0.39, 0.29) is 11.9 Å². The molecule has 1 N–H and O–H groups in total. The summed E-state index contributed by atoms with van der Waals surface area (Å²) in [5.74, 6) is -0.697. The maximum Gasteiger partial charge on any atom is 0.163 e. The van der Waals surface area contributed by atoms with Crippen LogP contribution in [0.4, 0.5) is 0 Å². The zero-order valence-electron chi connectivity index (χ0n) is 15.1. The average molecular weight is 375 g/mol. The van der Waals surface area contributed by atoms with Crippen molar-refractivity contribution < 1.29 is 18.4 Å². The standard InChI is InChI=1S/C20H25NO4S/c1-20(2)24-18(14-23-13-16-9-5-3-6-10-16)19(25-20)15-26(21,22)17-11-7-4-8-12-17/h3-12,18-19,21H,13-15H2,1-2H3/t18-,19-,26?/m0/s1. The van der Waals surface area contributed by atoms with Gasteiger partial charge in [-0.3, -0.25) is 0 Å². The number of hydrogen-bond acceptors (Lipinski definition) is 5. The highest BCUT2D eigenvalue weighted by molar-refractivity contribution is 7.92. The summed E-state index contributed by atoms with van der Waals surface area (Å²) in [4.78, 5) is 0.511. The lowest BCUT2D eigenvalue weighted by atomic mass is 10.2. The molecule has 0 saturated carbocycles. The molecule has 1 saturated heterocycles. The molecule has 6 heteroatoms. The summed E-state index contributed by atoms with van der Waals surface area (Å²) in [7, 11) is -2.96. The SMILES string of the molecule is CC1(C)O[C@@H](COCc2ccccc2)[C@H](CS(=N)(=O)c2ccccc2)O1. The van der Waals surface area contributed by atoms with Crippen molar-refractivity contribution in [1.82, 2.24) is 0 Å². The zero-order chi connectivity index (χ0) is 18.6. The molecule has 140 valence electrons. The third-order valence-corrected chi connectivity index (χ3v) is 6.03. The summed E-state index contributed by atoms with van der Waals surface area (Å²) in [6.07, 6.45) is -0.811. The van der Waals surface area contributed by atoms with Crippen molar-refractivity contribution in [2.45, 2.75) is 43.3 Å². The molecule has 26 heavy (non-hydrogen) atoms. The van der Waals surface area contributed by atoms with Crippen molar-refractivity contribution in [2.24, 2.45) is 0 Å². The third-order valence-electron chi connectivity index (χ3n) is 4.20. The Balaban J connectivity index is 1.64. The lowest BCUT2D eigenvalue weighted by Crippen LogP contribution is -2.33. The van der Waals surface area contributed by atoms with Gasteiger partial charge in [-0.1, -0.05) is 48.5 Å². The lowest BCUT2D eigenvalue weighted by Gasteiger charge is -2.18. The minimum absolute atomic E-state index is 0.0831. The summed E-state index contributed by atoms with van der Waals surface area (Å²) >= 11 is 0. The van der Waals surface area contributed by atoms with E-state index in [9.17, 15) is 4.21 Å². The summed E-state index contributed by atoms with van der Waals surface area (Å²) in [5, 5.41) is 0. The first-order chi connectivity index (χ1) is 12.4. The summed E-state index contributed by atoms with van der Waals surface area (Å²) in [6.45, 7) is 4.45. The van der Waals surface area contributed by atoms with E-state index in [1.807, 2.05) is 50.2 Å². The number of nitrogens with one attached hydrogen (secondary N) is 1. The average Bonchev–Trinajstić information content (AvgIpc) is 2.89. The molecule has 1 fully saturated rings. The maximum absolute atomic E-state index is 12.9. The van der Waals surface area contributed by atoms with Crippen LogP contribution in [0.25, 0.3) is 0 Å². The Morgan fingerprint density at radius 3 is 2.23 bits per heavy atom. The largest absolute Gasteiger partial charge is 0.374 e. The van der Waals surface area contributed by atoms with Crippen molar-refractivity contribution in [3.63, 3.8) is 0 Å². The molecular formula is C20H25NO4S. The quantitative estimate of drug-likeness (QED) is 0.799. The molecule has 5 nitrogen and oxygen atoms in total. The minimum atomic E-state index is -2.96. The summed E-state index contributed by atoms with van der Waals surface area (Å²) < 4.78 is 38.8. The van der Waals surface area contributed by atoms with E-state index >= 15 is 0 Å². The molecule has 0 spiro atoms. The molecule has 0 bridgehead atoms. The van der Waals surface area contributed by atoms with Gasteiger partial charge in [-0.15, -0.1) is 0 Å². The molecule has 0 radical (unpaired) electrons. The molecule has 0 aliphatic carbocycles. The molecule has 3 atom stereocenters. The molecule has 2 aromatic carbocycles. The van der Waals surface area contributed by atoms with Crippen molar-refractivity contribution in [2.75, 3.05) is 12.4 Å². The highest BCUT2D eigenvalue weighted by atomic mass is 32.2. The van der Waals surface area contributed by atoms with Gasteiger partial charge in [-0.05, 0) is 31.5 Å². The van der Waals surface area contributed by atoms with Gasteiger partial charge in [0.05, 0.1) is 28.7 Å². The van der Waals surface area contributed by atoms with E-state index < -0.39 is 21.6 Å². The van der Waals surface area contributed by atoms with Gasteiger partial charge in [0.25, 0.3) is 0 Å². The Labute approximate surface area is 155 Å². The molecule has 2 aromatic rings. The maximum atomic E-state index is 12.9. The second kappa shape index (κ2) is 7.88. The second-order valence-corrected chi connectivity index (χ2v) is 9.02. The molecule has 0 aromatic heterocycles. The topological polar surface area (TPSA) is 68.6 Å². The molecule has 1 heterocycles. The molecule has 3 rings (SSSR count). The molecule has 1 aliphatic heterocycles. The van der Waals surface area contributed by atoms with Crippen LogP contribution in [-0.4, -0.2) is 34.6 Å². The fourth-order valence-electron chi connectivity index (χ4n) is 3.03. The normalized spacial score (nSPS) is 24.2. The monoisotopic (exact) mass is 375 g/mol. The zero-order valence-corrected chi connectivity index (χ0v) is 15.9. The third kappa shape index (κ3) is 4.92. The second-order valence-electron chi connectivity index (χ2n) is 6.87. The van der Waals surface area contributed by atoms with Crippen molar-refractivity contribution in [3.8, 4) is 0 Å². The fourth-order valence-corrected chi connectivity index (χ4v) is 4.56. The number of rotatable bonds is 7.